The van der Waals surface area contributed by atoms with Crippen LogP contribution in [0.15, 0.2) is 42.5 Å². The maximum atomic E-state index is 12.2. The van der Waals surface area contributed by atoms with Crippen LogP contribution in [0.25, 0.3) is 10.8 Å². The average Bonchev–Trinajstić information content (AvgIpc) is 2.61. The molecule has 2 aromatic rings. The van der Waals surface area contributed by atoms with Gasteiger partial charge < -0.3 is 20.1 Å². The first-order valence-electron chi connectivity index (χ1n) is 7.97. The van der Waals surface area contributed by atoms with Crippen molar-refractivity contribution in [3.8, 4) is 0 Å². The lowest BCUT2D eigenvalue weighted by molar-refractivity contribution is -0.139. The van der Waals surface area contributed by atoms with E-state index in [2.05, 4.69) is 5.32 Å². The molecule has 24 heavy (non-hydrogen) atoms. The van der Waals surface area contributed by atoms with Crippen LogP contribution in [0, 0.1) is 0 Å². The van der Waals surface area contributed by atoms with E-state index >= 15 is 0 Å². The van der Waals surface area contributed by atoms with E-state index in [9.17, 15) is 14.7 Å². The Balaban J connectivity index is 1.70. The normalized spacial score (nSPS) is 15.9. The summed E-state index contributed by atoms with van der Waals surface area (Å²) in [7, 11) is 0. The molecule has 2 amide bonds. The lowest BCUT2D eigenvalue weighted by Gasteiger charge is -2.28. The van der Waals surface area contributed by atoms with Crippen molar-refractivity contribution in [2.45, 2.75) is 12.5 Å². The maximum Gasteiger partial charge on any atom is 0.326 e. The zero-order valence-electron chi connectivity index (χ0n) is 13.3. The zero-order chi connectivity index (χ0) is 16.9. The van der Waals surface area contributed by atoms with Gasteiger partial charge in [0.25, 0.3) is 0 Å². The van der Waals surface area contributed by atoms with Gasteiger partial charge in [0.1, 0.15) is 6.04 Å². The summed E-state index contributed by atoms with van der Waals surface area (Å²) in [6.07, 6.45) is 0.246. The first-order valence-corrected chi connectivity index (χ1v) is 7.97. The molecule has 126 valence electrons. The topological polar surface area (TPSA) is 78.9 Å². The van der Waals surface area contributed by atoms with E-state index in [1.54, 1.807) is 4.90 Å². The van der Waals surface area contributed by atoms with Crippen LogP contribution in [0.1, 0.15) is 5.56 Å². The number of nitrogens with one attached hydrogen (secondary N) is 1. The molecule has 1 aliphatic heterocycles. The molecular weight excluding hydrogens is 308 g/mol. The Morgan fingerprint density at radius 1 is 1.12 bits per heavy atom. The molecule has 1 aliphatic rings. The molecule has 6 heteroatoms. The molecule has 2 aromatic carbocycles. The van der Waals surface area contributed by atoms with E-state index in [1.165, 1.54) is 0 Å². The fourth-order valence-electron chi connectivity index (χ4n) is 2.81. The highest BCUT2D eigenvalue weighted by Crippen LogP contribution is 2.17. The van der Waals surface area contributed by atoms with Gasteiger partial charge >= 0.3 is 12.0 Å². The molecular formula is C18H20N2O4. The van der Waals surface area contributed by atoms with E-state index in [0.717, 1.165) is 16.3 Å². The molecule has 0 aliphatic carbocycles. The molecule has 1 heterocycles. The van der Waals surface area contributed by atoms with Gasteiger partial charge in [-0.15, -0.1) is 0 Å². The Hall–Kier alpha value is -2.60. The third kappa shape index (κ3) is 3.83. The number of hydrogen-bond donors (Lipinski definition) is 2. The van der Waals surface area contributed by atoms with Crippen molar-refractivity contribution in [2.24, 2.45) is 0 Å². The molecule has 3 rings (SSSR count). The Labute approximate surface area is 140 Å². The number of morpholine rings is 1. The van der Waals surface area contributed by atoms with E-state index in [-0.39, 0.29) is 12.5 Å². The summed E-state index contributed by atoms with van der Waals surface area (Å²) in [5.74, 6) is -1.04. The summed E-state index contributed by atoms with van der Waals surface area (Å²) >= 11 is 0. The molecule has 0 spiro atoms. The van der Waals surface area contributed by atoms with Gasteiger partial charge in [-0.1, -0.05) is 42.5 Å². The van der Waals surface area contributed by atoms with Crippen molar-refractivity contribution in [3.63, 3.8) is 0 Å². The van der Waals surface area contributed by atoms with Crippen LogP contribution >= 0.6 is 0 Å². The second kappa shape index (κ2) is 7.31. The number of ether oxygens (including phenoxy) is 1. The molecule has 6 nitrogen and oxygen atoms in total. The third-order valence-electron chi connectivity index (χ3n) is 4.15. The van der Waals surface area contributed by atoms with Gasteiger partial charge in [0.05, 0.1) is 13.2 Å². The SMILES string of the molecule is O=C(O)[C@H](Cc1ccc2ccccc2c1)NC(=O)N1CCOCC1. The molecule has 2 N–H and O–H groups in total. The highest BCUT2D eigenvalue weighted by Gasteiger charge is 2.24. The summed E-state index contributed by atoms with van der Waals surface area (Å²) in [4.78, 5) is 25.3. The van der Waals surface area contributed by atoms with E-state index < -0.39 is 12.0 Å². The summed E-state index contributed by atoms with van der Waals surface area (Å²) in [6.45, 7) is 1.92. The third-order valence-corrected chi connectivity index (χ3v) is 4.15. The molecule has 0 radical (unpaired) electrons. The van der Waals surface area contributed by atoms with Crippen LogP contribution in [0.2, 0.25) is 0 Å². The summed E-state index contributed by atoms with van der Waals surface area (Å²) in [5, 5.41) is 14.2. The number of aliphatic carboxylic acids is 1. The van der Waals surface area contributed by atoms with Gasteiger partial charge in [-0.3, -0.25) is 0 Å². The molecule has 0 unspecified atom stereocenters. The summed E-state index contributed by atoms with van der Waals surface area (Å²) < 4.78 is 5.20. The molecule has 0 aromatic heterocycles. The number of rotatable bonds is 4. The van der Waals surface area contributed by atoms with Gasteiger partial charge in [-0.05, 0) is 16.3 Å². The monoisotopic (exact) mass is 328 g/mol. The minimum absolute atomic E-state index is 0.246. The highest BCUT2D eigenvalue weighted by molar-refractivity contribution is 5.85. The van der Waals surface area contributed by atoms with Gasteiger partial charge in [0.2, 0.25) is 0 Å². The Kier molecular flexibility index (Phi) is 4.96. The van der Waals surface area contributed by atoms with Crippen LogP contribution in [0.4, 0.5) is 4.79 Å². The van der Waals surface area contributed by atoms with E-state index in [1.807, 2.05) is 42.5 Å². The number of carbonyl (C=O) groups is 2. The number of nitrogens with zero attached hydrogens (tertiary/aromatic N) is 1. The number of amides is 2. The minimum Gasteiger partial charge on any atom is -0.480 e. The van der Waals surface area contributed by atoms with Crippen molar-refractivity contribution >= 4 is 22.8 Å². The van der Waals surface area contributed by atoms with Crippen molar-refractivity contribution in [1.82, 2.24) is 10.2 Å². The van der Waals surface area contributed by atoms with Crippen LogP contribution < -0.4 is 5.32 Å². The summed E-state index contributed by atoms with van der Waals surface area (Å²) in [6, 6.07) is 12.4. The second-order valence-electron chi connectivity index (χ2n) is 5.83. The van der Waals surface area contributed by atoms with E-state index in [0.29, 0.717) is 26.3 Å². The van der Waals surface area contributed by atoms with Gasteiger partial charge in [0, 0.05) is 19.5 Å². The molecule has 1 fully saturated rings. The number of carbonyl (C=O) groups excluding carboxylic acids is 1. The lowest BCUT2D eigenvalue weighted by atomic mass is 10.0. The van der Waals surface area contributed by atoms with Crippen molar-refractivity contribution in [3.05, 3.63) is 48.0 Å². The van der Waals surface area contributed by atoms with Gasteiger partial charge in [-0.2, -0.15) is 0 Å². The average molecular weight is 328 g/mol. The largest absolute Gasteiger partial charge is 0.480 e. The predicted octanol–water partition coefficient (Wildman–Crippen LogP) is 1.88. The molecule has 1 atom stereocenters. The fraction of sp³-hybridized carbons (Fsp3) is 0.333. The quantitative estimate of drug-likeness (QED) is 0.898. The van der Waals surface area contributed by atoms with Gasteiger partial charge in [0.15, 0.2) is 0 Å². The smallest absolute Gasteiger partial charge is 0.326 e. The Morgan fingerprint density at radius 3 is 2.54 bits per heavy atom. The molecule has 0 bridgehead atoms. The molecule has 1 saturated heterocycles. The number of carboxylic acids is 1. The zero-order valence-corrected chi connectivity index (χ0v) is 13.3. The van der Waals surface area contributed by atoms with Crippen LogP contribution in [-0.2, 0) is 16.0 Å². The Morgan fingerprint density at radius 2 is 1.83 bits per heavy atom. The van der Waals surface area contributed by atoms with Crippen LogP contribution in [-0.4, -0.2) is 54.4 Å². The highest BCUT2D eigenvalue weighted by atomic mass is 16.5. The van der Waals surface area contributed by atoms with Crippen molar-refractivity contribution in [1.29, 1.82) is 0 Å². The number of carboxylic acid groups (broad SMARTS) is 1. The minimum atomic E-state index is -1.04. The van der Waals surface area contributed by atoms with Crippen molar-refractivity contribution < 1.29 is 19.4 Å². The number of hydrogen-bond acceptors (Lipinski definition) is 3. The predicted molar refractivity (Wildman–Crippen MR) is 90.0 cm³/mol. The fourth-order valence-corrected chi connectivity index (χ4v) is 2.81. The lowest BCUT2D eigenvalue weighted by Crippen LogP contribution is -2.51. The number of urea groups is 1. The first kappa shape index (κ1) is 16.3. The van der Waals surface area contributed by atoms with Crippen LogP contribution in [0.3, 0.4) is 0 Å². The summed E-state index contributed by atoms with van der Waals surface area (Å²) in [5.41, 5.74) is 0.878. The Bertz CT molecular complexity index is 741. The standard InChI is InChI=1S/C18H20N2O4/c21-17(22)16(19-18(23)20-7-9-24-10-8-20)12-13-5-6-14-3-1-2-4-15(14)11-13/h1-6,11,16H,7-10,12H2,(H,19,23)(H,21,22)/t16-/m0/s1. The molecule has 0 saturated carbocycles. The number of fused-ring (bicyclic) bond motifs is 1. The van der Waals surface area contributed by atoms with E-state index in [4.69, 9.17) is 4.74 Å². The van der Waals surface area contributed by atoms with Gasteiger partial charge in [-0.25, -0.2) is 9.59 Å². The first-order chi connectivity index (χ1) is 11.6. The van der Waals surface area contributed by atoms with Crippen LogP contribution in [0.5, 0.6) is 0 Å². The maximum absolute atomic E-state index is 12.2. The second-order valence-corrected chi connectivity index (χ2v) is 5.83. The number of benzene rings is 2. The van der Waals surface area contributed by atoms with Crippen molar-refractivity contribution in [2.75, 3.05) is 26.3 Å².